The predicted octanol–water partition coefficient (Wildman–Crippen LogP) is 4.67. The topological polar surface area (TPSA) is 35.2 Å². The summed E-state index contributed by atoms with van der Waals surface area (Å²) in [6, 6.07) is 9.27. The van der Waals surface area contributed by atoms with E-state index in [1.165, 1.54) is 0 Å². The standard InChI is InChI=1S/C16H17Cl2NO/c1-9-5-4-6-10(2)15(9)16(19)11-7-13(18)14(20-3)8-12(11)17/h4-8,16H,19H2,1-3H3. The largest absolute Gasteiger partial charge is 0.495 e. The van der Waals surface area contributed by atoms with Gasteiger partial charge in [0.15, 0.2) is 0 Å². The molecule has 0 radical (unpaired) electrons. The van der Waals surface area contributed by atoms with Crippen LogP contribution in [0.1, 0.15) is 28.3 Å². The van der Waals surface area contributed by atoms with Crippen LogP contribution in [-0.4, -0.2) is 7.11 Å². The molecular weight excluding hydrogens is 293 g/mol. The maximum absolute atomic E-state index is 6.40. The lowest BCUT2D eigenvalue weighted by Crippen LogP contribution is -2.15. The molecule has 0 aromatic heterocycles. The van der Waals surface area contributed by atoms with Gasteiger partial charge in [0, 0.05) is 11.1 Å². The molecule has 0 aliphatic rings. The second-order valence-corrected chi connectivity index (χ2v) is 5.61. The van der Waals surface area contributed by atoms with E-state index in [1.807, 2.05) is 32.0 Å². The Morgan fingerprint density at radius 3 is 2.20 bits per heavy atom. The van der Waals surface area contributed by atoms with Crippen LogP contribution in [0.15, 0.2) is 30.3 Å². The molecule has 0 fully saturated rings. The summed E-state index contributed by atoms with van der Waals surface area (Å²) in [4.78, 5) is 0. The molecule has 0 spiro atoms. The summed E-state index contributed by atoms with van der Waals surface area (Å²) in [6.07, 6.45) is 0. The van der Waals surface area contributed by atoms with Crippen molar-refractivity contribution in [1.82, 2.24) is 0 Å². The van der Waals surface area contributed by atoms with Crippen LogP contribution >= 0.6 is 23.2 Å². The van der Waals surface area contributed by atoms with Crippen molar-refractivity contribution in [1.29, 1.82) is 0 Å². The second-order valence-electron chi connectivity index (χ2n) is 4.79. The fourth-order valence-corrected chi connectivity index (χ4v) is 2.93. The summed E-state index contributed by atoms with van der Waals surface area (Å²) in [6.45, 7) is 4.09. The highest BCUT2D eigenvalue weighted by Crippen LogP contribution is 2.36. The number of halogens is 2. The molecule has 0 aliphatic heterocycles. The van der Waals surface area contributed by atoms with Crippen molar-refractivity contribution in [2.75, 3.05) is 7.11 Å². The normalized spacial score (nSPS) is 12.3. The Balaban J connectivity index is 2.54. The third-order valence-corrected chi connectivity index (χ3v) is 4.08. The fourth-order valence-electron chi connectivity index (χ4n) is 2.41. The van der Waals surface area contributed by atoms with Gasteiger partial charge < -0.3 is 10.5 Å². The molecular formula is C16H17Cl2NO. The fraction of sp³-hybridized carbons (Fsp3) is 0.250. The van der Waals surface area contributed by atoms with Crippen molar-refractivity contribution in [2.45, 2.75) is 19.9 Å². The Morgan fingerprint density at radius 2 is 1.65 bits per heavy atom. The summed E-state index contributed by atoms with van der Waals surface area (Å²) in [7, 11) is 1.56. The van der Waals surface area contributed by atoms with Gasteiger partial charge in [-0.3, -0.25) is 0 Å². The third kappa shape index (κ3) is 2.78. The summed E-state index contributed by atoms with van der Waals surface area (Å²) in [5.74, 6) is 0.550. The van der Waals surface area contributed by atoms with E-state index in [4.69, 9.17) is 33.7 Å². The van der Waals surface area contributed by atoms with E-state index in [0.29, 0.717) is 15.8 Å². The zero-order valence-electron chi connectivity index (χ0n) is 11.7. The van der Waals surface area contributed by atoms with E-state index in [-0.39, 0.29) is 6.04 Å². The first-order valence-corrected chi connectivity index (χ1v) is 7.06. The van der Waals surface area contributed by atoms with Crippen molar-refractivity contribution in [3.8, 4) is 5.75 Å². The van der Waals surface area contributed by atoms with Crippen LogP contribution in [0, 0.1) is 13.8 Å². The Labute approximate surface area is 129 Å². The lowest BCUT2D eigenvalue weighted by Gasteiger charge is -2.20. The van der Waals surface area contributed by atoms with Crippen molar-refractivity contribution in [2.24, 2.45) is 5.73 Å². The number of rotatable bonds is 3. The first-order valence-electron chi connectivity index (χ1n) is 6.30. The molecule has 2 N–H and O–H groups in total. The zero-order valence-corrected chi connectivity index (χ0v) is 13.2. The van der Waals surface area contributed by atoms with Crippen LogP contribution in [0.25, 0.3) is 0 Å². The van der Waals surface area contributed by atoms with Gasteiger partial charge in [-0.15, -0.1) is 0 Å². The minimum Gasteiger partial charge on any atom is -0.495 e. The summed E-state index contributed by atoms with van der Waals surface area (Å²) >= 11 is 12.5. The number of hydrogen-bond acceptors (Lipinski definition) is 2. The average Bonchev–Trinajstić information content (AvgIpc) is 2.40. The molecule has 0 aliphatic carbocycles. The Morgan fingerprint density at radius 1 is 1.05 bits per heavy atom. The van der Waals surface area contributed by atoms with Crippen LogP contribution < -0.4 is 10.5 Å². The van der Waals surface area contributed by atoms with E-state index in [2.05, 4.69) is 0 Å². The molecule has 0 bridgehead atoms. The summed E-state index contributed by atoms with van der Waals surface area (Å²) in [5, 5.41) is 1.06. The van der Waals surface area contributed by atoms with Gasteiger partial charge in [0.05, 0.1) is 18.2 Å². The van der Waals surface area contributed by atoms with Crippen LogP contribution in [0.2, 0.25) is 10.0 Å². The number of benzene rings is 2. The van der Waals surface area contributed by atoms with Crippen molar-refractivity contribution >= 4 is 23.2 Å². The average molecular weight is 310 g/mol. The predicted molar refractivity (Wildman–Crippen MR) is 85.0 cm³/mol. The van der Waals surface area contributed by atoms with Gasteiger partial charge in [-0.1, -0.05) is 41.4 Å². The highest BCUT2D eigenvalue weighted by molar-refractivity contribution is 6.34. The van der Waals surface area contributed by atoms with Crippen molar-refractivity contribution in [3.63, 3.8) is 0 Å². The quantitative estimate of drug-likeness (QED) is 0.894. The Bertz CT molecular complexity index is 620. The minimum absolute atomic E-state index is 0.313. The minimum atomic E-state index is -0.313. The molecule has 20 heavy (non-hydrogen) atoms. The summed E-state index contributed by atoms with van der Waals surface area (Å²) < 4.78 is 5.16. The van der Waals surface area contributed by atoms with Crippen LogP contribution in [0.4, 0.5) is 0 Å². The van der Waals surface area contributed by atoms with E-state index in [1.54, 1.807) is 19.2 Å². The summed E-state index contributed by atoms with van der Waals surface area (Å²) in [5.41, 5.74) is 10.6. The molecule has 106 valence electrons. The van der Waals surface area contributed by atoms with Crippen LogP contribution in [-0.2, 0) is 0 Å². The van der Waals surface area contributed by atoms with E-state index in [9.17, 15) is 0 Å². The van der Waals surface area contributed by atoms with E-state index >= 15 is 0 Å². The highest BCUT2D eigenvalue weighted by atomic mass is 35.5. The van der Waals surface area contributed by atoms with Crippen molar-refractivity contribution < 1.29 is 4.74 Å². The molecule has 1 unspecified atom stereocenters. The Hall–Kier alpha value is -1.22. The van der Waals surface area contributed by atoms with Gasteiger partial charge >= 0.3 is 0 Å². The van der Waals surface area contributed by atoms with Gasteiger partial charge in [0.1, 0.15) is 5.75 Å². The van der Waals surface area contributed by atoms with Gasteiger partial charge in [-0.25, -0.2) is 0 Å². The maximum atomic E-state index is 6.40. The monoisotopic (exact) mass is 309 g/mol. The first-order chi connectivity index (χ1) is 9.45. The van der Waals surface area contributed by atoms with Gasteiger partial charge in [0.2, 0.25) is 0 Å². The molecule has 0 saturated heterocycles. The molecule has 2 rings (SSSR count). The van der Waals surface area contributed by atoms with E-state index in [0.717, 1.165) is 22.3 Å². The molecule has 4 heteroatoms. The number of aryl methyl sites for hydroxylation is 2. The number of ether oxygens (including phenoxy) is 1. The maximum Gasteiger partial charge on any atom is 0.138 e. The van der Waals surface area contributed by atoms with Crippen LogP contribution in [0.3, 0.4) is 0 Å². The van der Waals surface area contributed by atoms with Crippen molar-refractivity contribution in [3.05, 3.63) is 62.6 Å². The smallest absolute Gasteiger partial charge is 0.138 e. The number of hydrogen-bond donors (Lipinski definition) is 1. The highest BCUT2D eigenvalue weighted by Gasteiger charge is 2.18. The molecule has 1 atom stereocenters. The lowest BCUT2D eigenvalue weighted by molar-refractivity contribution is 0.415. The number of methoxy groups -OCH3 is 1. The molecule has 0 amide bonds. The molecule has 2 aromatic rings. The lowest BCUT2D eigenvalue weighted by atomic mass is 9.92. The van der Waals surface area contributed by atoms with Crippen LogP contribution in [0.5, 0.6) is 5.75 Å². The van der Waals surface area contributed by atoms with Gasteiger partial charge in [-0.05, 0) is 42.2 Å². The third-order valence-electron chi connectivity index (χ3n) is 3.46. The van der Waals surface area contributed by atoms with E-state index < -0.39 is 0 Å². The molecule has 2 aromatic carbocycles. The molecule has 0 saturated carbocycles. The number of nitrogens with two attached hydrogens (primary N) is 1. The Kier molecular flexibility index (Phi) is 4.59. The zero-order chi connectivity index (χ0) is 14.9. The molecule has 0 heterocycles. The first kappa shape index (κ1) is 15.2. The van der Waals surface area contributed by atoms with Gasteiger partial charge in [-0.2, -0.15) is 0 Å². The second kappa shape index (κ2) is 6.04. The molecule has 2 nitrogen and oxygen atoms in total. The SMILES string of the molecule is COc1cc(Cl)c(C(N)c2c(C)cccc2C)cc1Cl. The van der Waals surface area contributed by atoms with Gasteiger partial charge in [0.25, 0.3) is 0 Å².